The van der Waals surface area contributed by atoms with Crippen LogP contribution in [0.4, 0.5) is 0 Å². The fraction of sp³-hybridized carbons (Fsp3) is 0.500. The molecule has 2 nitrogen and oxygen atoms in total. The second-order valence-corrected chi connectivity index (χ2v) is 1.67. The van der Waals surface area contributed by atoms with Gasteiger partial charge in [-0.15, -0.1) is 0 Å². The summed E-state index contributed by atoms with van der Waals surface area (Å²) in [5.41, 5.74) is 10.1. The molecular weight excluding hydrogens is 112 g/mol. The Morgan fingerprint density at radius 3 is 2.00 bits per heavy atom. The number of allylic oxidation sites excluding steroid dienone is 1. The van der Waals surface area contributed by atoms with E-state index < -0.39 is 0 Å². The van der Waals surface area contributed by atoms with Gasteiger partial charge in [-0.3, -0.25) is 0 Å². The van der Waals surface area contributed by atoms with Crippen molar-refractivity contribution >= 4 is 11.6 Å². The topological polar surface area (TPSA) is 52.0 Å². The van der Waals surface area contributed by atoms with Crippen molar-refractivity contribution in [2.75, 3.05) is 0 Å². The van der Waals surface area contributed by atoms with E-state index in [4.69, 9.17) is 23.1 Å². The molecule has 4 N–H and O–H groups in total. The summed E-state index contributed by atoms with van der Waals surface area (Å²) in [6.07, 6.45) is 0.712. The van der Waals surface area contributed by atoms with Gasteiger partial charge in [0.2, 0.25) is 0 Å². The fourth-order valence-electron chi connectivity index (χ4n) is 0.204. The highest BCUT2D eigenvalue weighted by atomic mass is 35.5. The van der Waals surface area contributed by atoms with Gasteiger partial charge in [0.15, 0.2) is 0 Å². The van der Waals surface area contributed by atoms with E-state index in [-0.39, 0.29) is 5.82 Å². The van der Waals surface area contributed by atoms with Crippen molar-refractivity contribution in [2.24, 2.45) is 11.5 Å². The summed E-state index contributed by atoms with van der Waals surface area (Å²) < 4.78 is 0. The van der Waals surface area contributed by atoms with Gasteiger partial charge in [0.25, 0.3) is 0 Å². The van der Waals surface area contributed by atoms with Gasteiger partial charge in [-0.25, -0.2) is 0 Å². The summed E-state index contributed by atoms with van der Waals surface area (Å²) in [6, 6.07) is 0. The van der Waals surface area contributed by atoms with Crippen molar-refractivity contribution in [2.45, 2.75) is 13.3 Å². The Labute approximate surface area is 48.1 Å². The van der Waals surface area contributed by atoms with Crippen LogP contribution in [0.3, 0.4) is 0 Å². The van der Waals surface area contributed by atoms with Gasteiger partial charge in [0.05, 0.1) is 5.03 Å². The Hall–Kier alpha value is -0.370. The molecule has 0 aromatic heterocycles. The molecule has 0 bridgehead atoms. The normalized spacial score (nSPS) is 8.29. The zero-order valence-electron chi connectivity index (χ0n) is 4.24. The minimum absolute atomic E-state index is 0.226. The largest absolute Gasteiger partial charge is 0.385 e. The summed E-state index contributed by atoms with van der Waals surface area (Å²) in [5, 5.41) is 0.542. The van der Waals surface area contributed by atoms with E-state index in [1.807, 2.05) is 6.92 Å². The molecule has 0 aliphatic carbocycles. The van der Waals surface area contributed by atoms with Gasteiger partial charge in [-0.2, -0.15) is 0 Å². The summed E-state index contributed by atoms with van der Waals surface area (Å²) >= 11 is 5.43. The minimum Gasteiger partial charge on any atom is -0.385 e. The number of hydrogen-bond donors (Lipinski definition) is 2. The minimum atomic E-state index is 0.226. The third kappa shape index (κ3) is 2.34. The predicted molar refractivity (Wildman–Crippen MR) is 31.5 cm³/mol. The second-order valence-electron chi connectivity index (χ2n) is 1.21. The van der Waals surface area contributed by atoms with E-state index >= 15 is 0 Å². The molecule has 0 heterocycles. The standard InChI is InChI=1S/C4H9ClN2/c1-2-3(5)4(6)7/h2,6-7H2,1H3. The van der Waals surface area contributed by atoms with Gasteiger partial charge in [0.1, 0.15) is 5.82 Å². The average molecular weight is 121 g/mol. The molecule has 0 aromatic carbocycles. The van der Waals surface area contributed by atoms with Crippen molar-refractivity contribution in [1.82, 2.24) is 0 Å². The van der Waals surface area contributed by atoms with E-state index in [0.29, 0.717) is 11.5 Å². The van der Waals surface area contributed by atoms with Crippen LogP contribution in [-0.2, 0) is 0 Å². The lowest BCUT2D eigenvalue weighted by Crippen LogP contribution is -2.09. The molecule has 0 saturated carbocycles. The van der Waals surface area contributed by atoms with Crippen LogP contribution in [-0.4, -0.2) is 0 Å². The molecule has 0 saturated heterocycles. The highest BCUT2D eigenvalue weighted by Gasteiger charge is 1.87. The maximum Gasteiger partial charge on any atom is 0.108 e. The number of hydrogen-bond acceptors (Lipinski definition) is 2. The molecule has 42 valence electrons. The molecule has 0 spiro atoms. The van der Waals surface area contributed by atoms with Crippen LogP contribution in [0.25, 0.3) is 0 Å². The Balaban J connectivity index is 3.72. The highest BCUT2D eigenvalue weighted by Crippen LogP contribution is 2.04. The van der Waals surface area contributed by atoms with Gasteiger partial charge in [0, 0.05) is 0 Å². The quantitative estimate of drug-likeness (QED) is 0.536. The third-order valence-corrected chi connectivity index (χ3v) is 1.11. The molecule has 0 rings (SSSR count). The highest BCUT2D eigenvalue weighted by molar-refractivity contribution is 6.29. The van der Waals surface area contributed by atoms with Crippen molar-refractivity contribution in [3.05, 3.63) is 10.9 Å². The fourth-order valence-corrected chi connectivity index (χ4v) is 0.204. The molecular formula is C4H9ClN2. The van der Waals surface area contributed by atoms with Crippen LogP contribution in [0.15, 0.2) is 10.9 Å². The maximum atomic E-state index is 5.43. The first kappa shape index (κ1) is 6.63. The molecule has 0 radical (unpaired) electrons. The lowest BCUT2D eigenvalue weighted by atomic mass is 10.4. The van der Waals surface area contributed by atoms with Gasteiger partial charge in [-0.1, -0.05) is 18.5 Å². The SMILES string of the molecule is CCC(Cl)=C(N)N. The first-order valence-corrected chi connectivity index (χ1v) is 2.45. The van der Waals surface area contributed by atoms with Crippen LogP contribution in [0.1, 0.15) is 13.3 Å². The third-order valence-electron chi connectivity index (χ3n) is 0.624. The average Bonchev–Trinajstić information content (AvgIpc) is 1.65. The van der Waals surface area contributed by atoms with E-state index in [9.17, 15) is 0 Å². The number of halogens is 1. The van der Waals surface area contributed by atoms with E-state index in [0.717, 1.165) is 0 Å². The van der Waals surface area contributed by atoms with Crippen LogP contribution < -0.4 is 11.5 Å². The summed E-state index contributed by atoms with van der Waals surface area (Å²) in [4.78, 5) is 0. The van der Waals surface area contributed by atoms with E-state index in [1.54, 1.807) is 0 Å². The van der Waals surface area contributed by atoms with Gasteiger partial charge in [-0.05, 0) is 6.42 Å². The number of nitrogens with two attached hydrogens (primary N) is 2. The van der Waals surface area contributed by atoms with Crippen molar-refractivity contribution in [3.63, 3.8) is 0 Å². The molecule has 0 fully saturated rings. The lowest BCUT2D eigenvalue weighted by Gasteiger charge is -1.92. The predicted octanol–water partition coefficient (Wildman–Crippen LogP) is 0.722. The molecule has 0 aliphatic heterocycles. The molecule has 3 heteroatoms. The molecule has 7 heavy (non-hydrogen) atoms. The maximum absolute atomic E-state index is 5.43. The molecule has 0 amide bonds. The first-order chi connectivity index (χ1) is 3.18. The molecule has 0 aliphatic rings. The summed E-state index contributed by atoms with van der Waals surface area (Å²) in [7, 11) is 0. The Bertz CT molecular complexity index is 83.7. The van der Waals surface area contributed by atoms with Gasteiger partial charge >= 0.3 is 0 Å². The first-order valence-electron chi connectivity index (χ1n) is 2.08. The molecule has 0 atom stereocenters. The van der Waals surface area contributed by atoms with E-state index in [2.05, 4.69) is 0 Å². The zero-order chi connectivity index (χ0) is 5.86. The van der Waals surface area contributed by atoms with Crippen LogP contribution in [0.5, 0.6) is 0 Å². The Kier molecular flexibility index (Phi) is 2.60. The van der Waals surface area contributed by atoms with Crippen LogP contribution in [0.2, 0.25) is 0 Å². The smallest absolute Gasteiger partial charge is 0.108 e. The van der Waals surface area contributed by atoms with E-state index in [1.165, 1.54) is 0 Å². The Morgan fingerprint density at radius 1 is 1.57 bits per heavy atom. The zero-order valence-corrected chi connectivity index (χ0v) is 5.00. The molecule has 0 aromatic rings. The summed E-state index contributed by atoms with van der Waals surface area (Å²) in [5.74, 6) is 0.226. The lowest BCUT2D eigenvalue weighted by molar-refractivity contribution is 1.11. The van der Waals surface area contributed by atoms with Crippen molar-refractivity contribution in [3.8, 4) is 0 Å². The van der Waals surface area contributed by atoms with Crippen molar-refractivity contribution < 1.29 is 0 Å². The second kappa shape index (κ2) is 2.75. The van der Waals surface area contributed by atoms with Crippen LogP contribution in [0, 0.1) is 0 Å². The summed E-state index contributed by atoms with van der Waals surface area (Å²) in [6.45, 7) is 1.89. The number of rotatable bonds is 1. The Morgan fingerprint density at radius 2 is 2.00 bits per heavy atom. The van der Waals surface area contributed by atoms with Crippen molar-refractivity contribution in [1.29, 1.82) is 0 Å². The van der Waals surface area contributed by atoms with Gasteiger partial charge < -0.3 is 11.5 Å². The van der Waals surface area contributed by atoms with Crippen LogP contribution >= 0.6 is 11.6 Å². The molecule has 0 unspecified atom stereocenters. The monoisotopic (exact) mass is 120 g/mol.